The Bertz CT molecular complexity index is 1360. The number of unbranched alkanes of at least 4 members (excludes halogenated alkanes) is 19. The molecule has 0 aromatic carbocycles. The van der Waals surface area contributed by atoms with E-state index in [1.54, 1.807) is 0 Å². The summed E-state index contributed by atoms with van der Waals surface area (Å²) in [4.78, 5) is 12.8. The summed E-state index contributed by atoms with van der Waals surface area (Å²) in [5, 5.41) is 40.3. The first-order chi connectivity index (χ1) is 33.4. The Morgan fingerprint density at radius 3 is 1.35 bits per heavy atom. The van der Waals surface area contributed by atoms with Crippen molar-refractivity contribution in [1.82, 2.24) is 0 Å². The topological polar surface area (TPSA) is 135 Å². The Morgan fingerprint density at radius 2 is 0.897 bits per heavy atom. The maximum atomic E-state index is 12.8. The maximum Gasteiger partial charge on any atom is 0.306 e. The van der Waals surface area contributed by atoms with E-state index in [4.69, 9.17) is 18.9 Å². The molecular weight excluding hydrogens is 853 g/mol. The monoisotopic (exact) mass is 953 g/mol. The van der Waals surface area contributed by atoms with Crippen molar-refractivity contribution in [2.24, 2.45) is 0 Å². The first-order valence-electron chi connectivity index (χ1n) is 27.3. The second-order valence-corrected chi connectivity index (χ2v) is 18.3. The summed E-state index contributed by atoms with van der Waals surface area (Å²) in [6, 6.07) is 0. The van der Waals surface area contributed by atoms with Gasteiger partial charge in [-0.3, -0.25) is 4.79 Å². The van der Waals surface area contributed by atoms with E-state index in [1.807, 2.05) is 0 Å². The lowest BCUT2D eigenvalue weighted by molar-refractivity contribution is -0.305. The van der Waals surface area contributed by atoms with Crippen molar-refractivity contribution in [3.05, 3.63) is 97.2 Å². The highest BCUT2D eigenvalue weighted by molar-refractivity contribution is 5.69. The van der Waals surface area contributed by atoms with Crippen LogP contribution in [-0.4, -0.2) is 89.6 Å². The molecule has 0 spiro atoms. The number of rotatable bonds is 46. The molecule has 0 aliphatic carbocycles. The van der Waals surface area contributed by atoms with Crippen molar-refractivity contribution < 1.29 is 44.2 Å². The van der Waals surface area contributed by atoms with Gasteiger partial charge in [0.1, 0.15) is 30.5 Å². The number of aliphatic hydroxyl groups excluding tert-OH is 4. The fourth-order valence-electron chi connectivity index (χ4n) is 7.76. The van der Waals surface area contributed by atoms with E-state index in [1.165, 1.54) is 109 Å². The third-order valence-corrected chi connectivity index (χ3v) is 12.0. The molecule has 6 atom stereocenters. The lowest BCUT2D eigenvalue weighted by atomic mass is 9.99. The predicted octanol–water partition coefficient (Wildman–Crippen LogP) is 13.9. The highest BCUT2D eigenvalue weighted by Crippen LogP contribution is 2.23. The van der Waals surface area contributed by atoms with Gasteiger partial charge >= 0.3 is 5.97 Å². The third kappa shape index (κ3) is 38.9. The van der Waals surface area contributed by atoms with Crippen molar-refractivity contribution in [2.45, 2.75) is 243 Å². The zero-order valence-electron chi connectivity index (χ0n) is 43.1. The number of carbonyl (C=O) groups is 1. The first kappa shape index (κ1) is 63.1. The summed E-state index contributed by atoms with van der Waals surface area (Å²) in [6.07, 6.45) is 61.6. The molecule has 0 aromatic rings. The fraction of sp³-hybridized carbons (Fsp3) is 0.712. The molecule has 0 aromatic heterocycles. The van der Waals surface area contributed by atoms with E-state index in [2.05, 4.69) is 111 Å². The summed E-state index contributed by atoms with van der Waals surface area (Å²) in [7, 11) is 0. The van der Waals surface area contributed by atoms with E-state index in [9.17, 15) is 25.2 Å². The van der Waals surface area contributed by atoms with Crippen molar-refractivity contribution in [1.29, 1.82) is 0 Å². The van der Waals surface area contributed by atoms with Crippen LogP contribution in [0.3, 0.4) is 0 Å². The quantitative estimate of drug-likeness (QED) is 0.0267. The van der Waals surface area contributed by atoms with E-state index in [0.29, 0.717) is 13.0 Å². The molecule has 1 heterocycles. The number of hydrogen-bond donors (Lipinski definition) is 4. The van der Waals surface area contributed by atoms with Crippen molar-refractivity contribution in [3.8, 4) is 0 Å². The van der Waals surface area contributed by atoms with Gasteiger partial charge in [0, 0.05) is 13.0 Å². The van der Waals surface area contributed by atoms with Gasteiger partial charge in [-0.15, -0.1) is 0 Å². The SMILES string of the molecule is CC/C=C\C/C=C\C/C=C\C/C=C\C/C=C\C/C=C\CCCCC(=O)OC(COCCCCCCCCCCCCCC/C=C\C/C=C\CCCCCCC)COC1OC(CO)C(O)C(O)C1O. The molecule has 0 bridgehead atoms. The van der Waals surface area contributed by atoms with E-state index in [0.717, 1.165) is 70.6 Å². The van der Waals surface area contributed by atoms with Crippen molar-refractivity contribution >= 4 is 5.97 Å². The Morgan fingerprint density at radius 1 is 0.485 bits per heavy atom. The summed E-state index contributed by atoms with van der Waals surface area (Å²) in [5.74, 6) is -0.357. The van der Waals surface area contributed by atoms with Gasteiger partial charge in [0.05, 0.1) is 19.8 Å². The van der Waals surface area contributed by atoms with Crippen LogP contribution >= 0.6 is 0 Å². The van der Waals surface area contributed by atoms with Gasteiger partial charge in [-0.25, -0.2) is 0 Å². The molecule has 9 heteroatoms. The third-order valence-electron chi connectivity index (χ3n) is 12.0. The Hall–Kier alpha value is -2.89. The van der Waals surface area contributed by atoms with Gasteiger partial charge in [0.25, 0.3) is 0 Å². The molecule has 0 amide bonds. The molecule has 0 radical (unpaired) electrons. The van der Waals surface area contributed by atoms with Crippen LogP contribution in [0.4, 0.5) is 0 Å². The van der Waals surface area contributed by atoms with Gasteiger partial charge in [-0.1, -0.05) is 201 Å². The Labute approximate surface area is 415 Å². The first-order valence-corrected chi connectivity index (χ1v) is 27.3. The van der Waals surface area contributed by atoms with Crippen LogP contribution < -0.4 is 0 Å². The number of hydrogen-bond acceptors (Lipinski definition) is 9. The molecule has 1 aliphatic rings. The Kier molecular flexibility index (Phi) is 45.6. The van der Waals surface area contributed by atoms with Gasteiger partial charge in [0.15, 0.2) is 6.29 Å². The van der Waals surface area contributed by atoms with E-state index in [-0.39, 0.29) is 25.6 Å². The van der Waals surface area contributed by atoms with Gasteiger partial charge < -0.3 is 39.4 Å². The zero-order valence-corrected chi connectivity index (χ0v) is 43.1. The molecule has 9 nitrogen and oxygen atoms in total. The molecule has 1 fully saturated rings. The summed E-state index contributed by atoms with van der Waals surface area (Å²) >= 11 is 0. The number of aliphatic hydroxyl groups is 4. The molecule has 1 saturated heterocycles. The average Bonchev–Trinajstić information content (AvgIpc) is 3.34. The second-order valence-electron chi connectivity index (χ2n) is 18.3. The Balaban J connectivity index is 2.22. The normalized spacial score (nSPS) is 19.9. The van der Waals surface area contributed by atoms with Crippen LogP contribution in [0.1, 0.15) is 206 Å². The molecule has 6 unspecified atom stereocenters. The van der Waals surface area contributed by atoms with Crippen molar-refractivity contribution in [3.63, 3.8) is 0 Å². The molecule has 68 heavy (non-hydrogen) atoms. The summed E-state index contributed by atoms with van der Waals surface area (Å²) in [5.41, 5.74) is 0. The molecule has 390 valence electrons. The number of carbonyl (C=O) groups excluding carboxylic acids is 1. The second kappa shape index (κ2) is 49.1. The number of esters is 1. The fourth-order valence-corrected chi connectivity index (χ4v) is 7.76. The standard InChI is InChI=1S/C59H100O9/c1-3-5-7-9-11-13-15-17-19-21-23-25-26-27-29-31-33-35-37-39-41-43-45-47-49-65-51-53(52-66-59-58(64)57(63)56(62)54(50-60)68-59)67-55(61)48-46-44-42-40-38-36-34-32-30-28-24-22-20-18-16-14-12-10-8-6-4-2/h6,8,12,14-15,17-18,20-21,23-24,28,32,34,38,40,53-54,56-60,62-64H,3-5,7,9-11,13,16,19,22,25-27,29-31,33,35-37,39,41-52H2,1-2H3/b8-6-,14-12-,17-15-,20-18-,23-21-,28-24-,34-32-,40-38-. The minimum Gasteiger partial charge on any atom is -0.457 e. The van der Waals surface area contributed by atoms with Crippen LogP contribution in [0.25, 0.3) is 0 Å². The molecule has 1 aliphatic heterocycles. The van der Waals surface area contributed by atoms with E-state index < -0.39 is 43.4 Å². The number of ether oxygens (including phenoxy) is 4. The highest BCUT2D eigenvalue weighted by Gasteiger charge is 2.44. The van der Waals surface area contributed by atoms with E-state index >= 15 is 0 Å². The number of allylic oxidation sites excluding steroid dienone is 16. The summed E-state index contributed by atoms with van der Waals surface area (Å²) in [6.45, 7) is 4.38. The van der Waals surface area contributed by atoms with Gasteiger partial charge in [-0.2, -0.15) is 0 Å². The van der Waals surface area contributed by atoms with Gasteiger partial charge in [0.2, 0.25) is 0 Å². The molecule has 0 saturated carbocycles. The lowest BCUT2D eigenvalue weighted by Gasteiger charge is -2.39. The molecule has 4 N–H and O–H groups in total. The minimum absolute atomic E-state index is 0.120. The largest absolute Gasteiger partial charge is 0.457 e. The predicted molar refractivity (Wildman–Crippen MR) is 283 cm³/mol. The van der Waals surface area contributed by atoms with Crippen LogP contribution in [0.5, 0.6) is 0 Å². The van der Waals surface area contributed by atoms with Crippen LogP contribution in [0.15, 0.2) is 97.2 Å². The highest BCUT2D eigenvalue weighted by atomic mass is 16.7. The molecule has 1 rings (SSSR count). The summed E-state index contributed by atoms with van der Waals surface area (Å²) < 4.78 is 22.9. The van der Waals surface area contributed by atoms with Gasteiger partial charge in [-0.05, 0) is 96.3 Å². The lowest BCUT2D eigenvalue weighted by Crippen LogP contribution is -2.59. The van der Waals surface area contributed by atoms with Crippen molar-refractivity contribution in [2.75, 3.05) is 26.4 Å². The molecular formula is C59H100O9. The smallest absolute Gasteiger partial charge is 0.306 e. The van der Waals surface area contributed by atoms with Crippen LogP contribution in [0, 0.1) is 0 Å². The minimum atomic E-state index is -1.55. The zero-order chi connectivity index (χ0) is 49.2. The average molecular weight is 953 g/mol. The maximum absolute atomic E-state index is 12.8. The van der Waals surface area contributed by atoms with Crippen LogP contribution in [-0.2, 0) is 23.7 Å². The van der Waals surface area contributed by atoms with Crippen LogP contribution in [0.2, 0.25) is 0 Å².